The molecule has 0 fully saturated rings. The number of hydrogen-bond acceptors (Lipinski definition) is 5. The number of ether oxygens (including phenoxy) is 1. The molecule has 7 heteroatoms. The summed E-state index contributed by atoms with van der Waals surface area (Å²) < 4.78 is 43.9. The van der Waals surface area contributed by atoms with Gasteiger partial charge in [0.25, 0.3) is 0 Å². The van der Waals surface area contributed by atoms with Crippen LogP contribution in [0.4, 0.5) is 15.8 Å². The molecular weight excluding hydrogens is 345 g/mol. The molecule has 0 unspecified atom stereocenters. The molecule has 130 valence electrons. The zero-order valence-corrected chi connectivity index (χ0v) is 14.7. The van der Waals surface area contributed by atoms with Gasteiger partial charge >= 0.3 is 5.97 Å². The molecule has 25 heavy (non-hydrogen) atoms. The van der Waals surface area contributed by atoms with Gasteiger partial charge in [-0.3, -0.25) is 0 Å². The minimum Gasteiger partial charge on any atom is -0.465 e. The molecule has 0 N–H and O–H groups in total. The average Bonchev–Trinajstić information content (AvgIpc) is 2.57. The summed E-state index contributed by atoms with van der Waals surface area (Å²) in [5.41, 5.74) is 2.68. The van der Waals surface area contributed by atoms with E-state index < -0.39 is 26.5 Å². The van der Waals surface area contributed by atoms with Gasteiger partial charge in [0.05, 0.1) is 17.7 Å². The number of carbonyl (C=O) groups is 1. The van der Waals surface area contributed by atoms with E-state index in [0.29, 0.717) is 5.69 Å². The predicted molar refractivity (Wildman–Crippen MR) is 91.7 cm³/mol. The normalized spacial score (nSPS) is 15.4. The molecule has 3 rings (SSSR count). The Kier molecular flexibility index (Phi) is 4.12. The van der Waals surface area contributed by atoms with Crippen LogP contribution in [0.5, 0.6) is 0 Å². The van der Waals surface area contributed by atoms with Crippen LogP contribution in [-0.2, 0) is 19.4 Å². The first-order valence-corrected chi connectivity index (χ1v) is 8.96. The molecule has 0 radical (unpaired) electrons. The maximum absolute atomic E-state index is 13.8. The summed E-state index contributed by atoms with van der Waals surface area (Å²) in [6, 6.07) is 8.86. The number of esters is 1. The first-order chi connectivity index (χ1) is 11.8. The molecule has 5 nitrogen and oxygen atoms in total. The van der Waals surface area contributed by atoms with E-state index in [1.54, 1.807) is 6.07 Å². The van der Waals surface area contributed by atoms with Crippen molar-refractivity contribution < 1.29 is 22.3 Å². The summed E-state index contributed by atoms with van der Waals surface area (Å²) in [5.74, 6) is -1.54. The van der Waals surface area contributed by atoms with Crippen LogP contribution >= 0.6 is 0 Å². The summed E-state index contributed by atoms with van der Waals surface area (Å²) in [4.78, 5) is 12.9. The molecule has 0 bridgehead atoms. The van der Waals surface area contributed by atoms with Crippen molar-refractivity contribution in [3.05, 3.63) is 64.4 Å². The molecule has 0 amide bonds. The van der Waals surface area contributed by atoms with Gasteiger partial charge in [0.15, 0.2) is 4.91 Å². The monoisotopic (exact) mass is 361 g/mol. The highest BCUT2D eigenvalue weighted by Gasteiger charge is 2.37. The van der Waals surface area contributed by atoms with E-state index in [2.05, 4.69) is 4.74 Å². The molecule has 2 aromatic carbocycles. The minimum atomic E-state index is -4.10. The average molecular weight is 361 g/mol. The molecular formula is C18H16FNO4S. The minimum absolute atomic E-state index is 0.141. The van der Waals surface area contributed by atoms with Crippen molar-refractivity contribution in [1.82, 2.24) is 0 Å². The highest BCUT2D eigenvalue weighted by Crippen LogP contribution is 2.41. The Morgan fingerprint density at radius 3 is 2.52 bits per heavy atom. The van der Waals surface area contributed by atoms with Crippen molar-refractivity contribution in [2.24, 2.45) is 0 Å². The Balaban J connectivity index is 2.35. The van der Waals surface area contributed by atoms with Crippen LogP contribution in [-0.4, -0.2) is 21.5 Å². The SMILES string of the molecule is COC(=O)C1=CN(c2cccc(C)c2C)c2cc(F)ccc2S1(=O)=O. The van der Waals surface area contributed by atoms with Crippen molar-refractivity contribution in [1.29, 1.82) is 0 Å². The molecule has 0 aliphatic carbocycles. The van der Waals surface area contributed by atoms with E-state index in [4.69, 9.17) is 0 Å². The molecule has 0 atom stereocenters. The summed E-state index contributed by atoms with van der Waals surface area (Å²) in [7, 11) is -2.98. The van der Waals surface area contributed by atoms with Crippen LogP contribution in [0.1, 0.15) is 11.1 Å². The van der Waals surface area contributed by atoms with Gasteiger partial charge in [-0.25, -0.2) is 17.6 Å². The number of nitrogens with zero attached hydrogens (tertiary/aromatic N) is 1. The number of methoxy groups -OCH3 is 1. The van der Waals surface area contributed by atoms with Crippen LogP contribution in [0.15, 0.2) is 52.4 Å². The lowest BCUT2D eigenvalue weighted by Gasteiger charge is -2.30. The van der Waals surface area contributed by atoms with Crippen molar-refractivity contribution >= 4 is 27.2 Å². The third kappa shape index (κ3) is 2.70. The molecule has 0 saturated carbocycles. The lowest BCUT2D eigenvalue weighted by molar-refractivity contribution is -0.135. The lowest BCUT2D eigenvalue weighted by Crippen LogP contribution is -2.26. The fourth-order valence-corrected chi connectivity index (χ4v) is 4.20. The number of halogens is 1. The smallest absolute Gasteiger partial charge is 0.351 e. The highest BCUT2D eigenvalue weighted by molar-refractivity contribution is 7.96. The number of benzene rings is 2. The van der Waals surface area contributed by atoms with Crippen LogP contribution in [0.3, 0.4) is 0 Å². The first-order valence-electron chi connectivity index (χ1n) is 7.47. The zero-order valence-electron chi connectivity index (χ0n) is 13.9. The van der Waals surface area contributed by atoms with Gasteiger partial charge in [0.1, 0.15) is 5.82 Å². The molecule has 1 aliphatic heterocycles. The first kappa shape index (κ1) is 17.2. The van der Waals surface area contributed by atoms with E-state index in [1.165, 1.54) is 11.1 Å². The summed E-state index contributed by atoms with van der Waals surface area (Å²) in [6.07, 6.45) is 1.19. The third-order valence-corrected chi connectivity index (χ3v) is 6.00. The second kappa shape index (κ2) is 6.00. The van der Waals surface area contributed by atoms with Crippen LogP contribution in [0.2, 0.25) is 0 Å². The summed E-state index contributed by atoms with van der Waals surface area (Å²) in [6.45, 7) is 3.79. The Hall–Kier alpha value is -2.67. The Morgan fingerprint density at radius 1 is 1.12 bits per heavy atom. The van der Waals surface area contributed by atoms with E-state index in [1.807, 2.05) is 26.0 Å². The standard InChI is InChI=1S/C18H16FNO4S/c1-11-5-4-6-14(12(11)2)20-10-17(18(21)24-3)25(22,23)16-8-7-13(19)9-15(16)20/h4-10H,1-3H3. The number of hydrogen-bond donors (Lipinski definition) is 0. The molecule has 0 spiro atoms. The van der Waals surface area contributed by atoms with Gasteiger partial charge in [-0.2, -0.15) is 0 Å². The number of fused-ring (bicyclic) bond motifs is 1. The van der Waals surface area contributed by atoms with Gasteiger partial charge in [-0.1, -0.05) is 12.1 Å². The van der Waals surface area contributed by atoms with Gasteiger partial charge in [-0.05, 0) is 49.2 Å². The largest absolute Gasteiger partial charge is 0.465 e. The Bertz CT molecular complexity index is 1010. The van der Waals surface area contributed by atoms with E-state index in [-0.39, 0.29) is 10.6 Å². The van der Waals surface area contributed by atoms with Crippen LogP contribution in [0.25, 0.3) is 0 Å². The molecule has 1 heterocycles. The molecule has 1 aliphatic rings. The van der Waals surface area contributed by atoms with Gasteiger partial charge in [-0.15, -0.1) is 0 Å². The van der Waals surface area contributed by atoms with Gasteiger partial charge in [0, 0.05) is 11.9 Å². The fourth-order valence-electron chi connectivity index (χ4n) is 2.74. The number of carbonyl (C=O) groups excluding carboxylic acids is 1. The summed E-state index contributed by atoms with van der Waals surface area (Å²) in [5, 5.41) is 0. The van der Waals surface area contributed by atoms with E-state index >= 15 is 0 Å². The molecule has 0 saturated heterocycles. The second-order valence-corrected chi connectivity index (χ2v) is 7.58. The van der Waals surface area contributed by atoms with Gasteiger partial charge < -0.3 is 9.64 Å². The zero-order chi connectivity index (χ0) is 18.4. The van der Waals surface area contributed by atoms with E-state index in [0.717, 1.165) is 36.4 Å². The van der Waals surface area contributed by atoms with Crippen molar-refractivity contribution in [3.63, 3.8) is 0 Å². The van der Waals surface area contributed by atoms with Crippen molar-refractivity contribution in [3.8, 4) is 0 Å². The fraction of sp³-hybridized carbons (Fsp3) is 0.167. The van der Waals surface area contributed by atoms with Gasteiger partial charge in [0.2, 0.25) is 9.84 Å². The number of sulfone groups is 1. The van der Waals surface area contributed by atoms with Crippen molar-refractivity contribution in [2.45, 2.75) is 18.7 Å². The Labute approximate surface area is 145 Å². The predicted octanol–water partition coefficient (Wildman–Crippen LogP) is 3.38. The van der Waals surface area contributed by atoms with Crippen molar-refractivity contribution in [2.75, 3.05) is 12.0 Å². The number of rotatable bonds is 2. The quantitative estimate of drug-likeness (QED) is 0.606. The van der Waals surface area contributed by atoms with E-state index in [9.17, 15) is 17.6 Å². The van der Waals surface area contributed by atoms with Crippen LogP contribution < -0.4 is 4.90 Å². The highest BCUT2D eigenvalue weighted by atomic mass is 32.2. The summed E-state index contributed by atoms with van der Waals surface area (Å²) >= 11 is 0. The maximum Gasteiger partial charge on any atom is 0.351 e. The lowest BCUT2D eigenvalue weighted by atomic mass is 10.1. The third-order valence-electron chi connectivity index (χ3n) is 4.23. The number of anilines is 2. The number of aryl methyl sites for hydroxylation is 1. The molecule has 2 aromatic rings. The maximum atomic E-state index is 13.8. The van der Waals surface area contributed by atoms with Crippen LogP contribution in [0, 0.1) is 19.7 Å². The Morgan fingerprint density at radius 2 is 1.84 bits per heavy atom. The topological polar surface area (TPSA) is 63.7 Å². The molecule has 0 aromatic heterocycles. The second-order valence-electron chi connectivity index (χ2n) is 5.69.